The summed E-state index contributed by atoms with van der Waals surface area (Å²) in [7, 11) is 0. The Morgan fingerprint density at radius 3 is 2.58 bits per heavy atom. The number of furan rings is 1. The highest BCUT2D eigenvalue weighted by Crippen LogP contribution is 2.30. The summed E-state index contributed by atoms with van der Waals surface area (Å²) < 4.78 is 22.4. The minimum Gasteiger partial charge on any atom is -0.461 e. The monoisotopic (exact) mass is 347 g/mol. The fraction of sp³-hybridized carbons (Fsp3) is 0.105. The molecule has 7 heteroatoms. The maximum absolute atomic E-state index is 13.3. The molecule has 0 N–H and O–H groups in total. The van der Waals surface area contributed by atoms with Gasteiger partial charge in [0.15, 0.2) is 17.1 Å². The highest BCUT2D eigenvalue weighted by atomic mass is 19.1. The Morgan fingerprint density at radius 1 is 1.04 bits per heavy atom. The molecule has 0 saturated carbocycles. The lowest BCUT2D eigenvalue weighted by Gasteiger charge is -2.07. The zero-order valence-electron chi connectivity index (χ0n) is 14.1. The Morgan fingerprint density at radius 2 is 1.85 bits per heavy atom. The Balaban J connectivity index is 1.82. The van der Waals surface area contributed by atoms with E-state index >= 15 is 0 Å². The summed E-state index contributed by atoms with van der Waals surface area (Å²) in [5.41, 5.74) is 4.40. The molecule has 0 bridgehead atoms. The van der Waals surface area contributed by atoms with Crippen LogP contribution in [-0.4, -0.2) is 24.1 Å². The largest absolute Gasteiger partial charge is 0.461 e. The van der Waals surface area contributed by atoms with Crippen molar-refractivity contribution in [2.45, 2.75) is 13.8 Å². The van der Waals surface area contributed by atoms with Gasteiger partial charge < -0.3 is 4.42 Å². The van der Waals surface area contributed by atoms with E-state index in [1.165, 1.54) is 12.1 Å². The first-order valence-electron chi connectivity index (χ1n) is 8.16. The van der Waals surface area contributed by atoms with Crippen LogP contribution in [-0.2, 0) is 0 Å². The fourth-order valence-electron chi connectivity index (χ4n) is 3.28. The first-order chi connectivity index (χ1) is 12.6. The van der Waals surface area contributed by atoms with Gasteiger partial charge in [0.25, 0.3) is 0 Å². The molecular formula is C19H14FN5O. The lowest BCUT2D eigenvalue weighted by Crippen LogP contribution is -1.99. The smallest absolute Gasteiger partial charge is 0.217 e. The molecule has 0 radical (unpaired) electrons. The van der Waals surface area contributed by atoms with Gasteiger partial charge >= 0.3 is 0 Å². The molecule has 0 atom stereocenters. The average Bonchev–Trinajstić information content (AvgIpc) is 3.35. The van der Waals surface area contributed by atoms with Crippen LogP contribution in [0.5, 0.6) is 0 Å². The van der Waals surface area contributed by atoms with E-state index in [-0.39, 0.29) is 5.82 Å². The first kappa shape index (κ1) is 14.8. The second kappa shape index (κ2) is 5.26. The number of nitrogens with zero attached hydrogens (tertiary/aromatic N) is 5. The maximum Gasteiger partial charge on any atom is 0.217 e. The van der Waals surface area contributed by atoms with Crippen LogP contribution in [0.25, 0.3) is 34.0 Å². The third-order valence-electron chi connectivity index (χ3n) is 4.66. The highest BCUT2D eigenvalue weighted by Gasteiger charge is 2.19. The number of aromatic nitrogens is 5. The molecule has 0 aliphatic rings. The Hall–Kier alpha value is -3.48. The van der Waals surface area contributed by atoms with Crippen molar-refractivity contribution in [2.24, 2.45) is 0 Å². The van der Waals surface area contributed by atoms with Crippen molar-refractivity contribution >= 4 is 16.7 Å². The van der Waals surface area contributed by atoms with Crippen LogP contribution in [0.1, 0.15) is 11.3 Å². The quantitative estimate of drug-likeness (QED) is 0.483. The van der Waals surface area contributed by atoms with Crippen LogP contribution in [0.4, 0.5) is 4.39 Å². The van der Waals surface area contributed by atoms with Crippen molar-refractivity contribution in [3.05, 3.63) is 66.1 Å². The van der Waals surface area contributed by atoms with Crippen molar-refractivity contribution in [1.29, 1.82) is 0 Å². The van der Waals surface area contributed by atoms with Gasteiger partial charge in [-0.1, -0.05) is 0 Å². The molecule has 0 fully saturated rings. The molecule has 0 aliphatic heterocycles. The maximum atomic E-state index is 13.3. The van der Waals surface area contributed by atoms with E-state index < -0.39 is 0 Å². The van der Waals surface area contributed by atoms with E-state index in [0.717, 1.165) is 28.0 Å². The predicted octanol–water partition coefficient (Wildman–Crippen LogP) is 4.08. The van der Waals surface area contributed by atoms with Crippen molar-refractivity contribution in [2.75, 3.05) is 0 Å². The Labute approximate surface area is 147 Å². The summed E-state index contributed by atoms with van der Waals surface area (Å²) in [5, 5.41) is 5.38. The van der Waals surface area contributed by atoms with Crippen LogP contribution in [0.15, 0.2) is 53.4 Å². The van der Waals surface area contributed by atoms with Gasteiger partial charge in [0, 0.05) is 11.4 Å². The van der Waals surface area contributed by atoms with Crippen molar-refractivity contribution in [1.82, 2.24) is 24.1 Å². The van der Waals surface area contributed by atoms with Gasteiger partial charge in [0.05, 0.1) is 11.6 Å². The second-order valence-electron chi connectivity index (χ2n) is 6.15. The summed E-state index contributed by atoms with van der Waals surface area (Å²) in [5.74, 6) is 0.848. The van der Waals surface area contributed by atoms with Gasteiger partial charge in [-0.25, -0.2) is 18.9 Å². The lowest BCUT2D eigenvalue weighted by molar-refractivity contribution is 0.577. The lowest BCUT2D eigenvalue weighted by atomic mass is 10.2. The molecule has 0 unspecified atom stereocenters. The minimum absolute atomic E-state index is 0.268. The molecule has 1 aromatic carbocycles. The number of hydrogen-bond acceptors (Lipinski definition) is 4. The van der Waals surface area contributed by atoms with Crippen LogP contribution in [0.2, 0.25) is 0 Å². The number of aryl methyl sites for hydroxylation is 1. The third-order valence-corrected chi connectivity index (χ3v) is 4.66. The van der Waals surface area contributed by atoms with Gasteiger partial charge in [0.2, 0.25) is 5.82 Å². The zero-order chi connectivity index (χ0) is 17.8. The van der Waals surface area contributed by atoms with Crippen LogP contribution in [0, 0.1) is 19.7 Å². The van der Waals surface area contributed by atoms with E-state index in [0.29, 0.717) is 17.2 Å². The minimum atomic E-state index is -0.268. The molecule has 128 valence electrons. The molecule has 0 aliphatic carbocycles. The Kier molecular flexibility index (Phi) is 3.00. The number of benzene rings is 1. The van der Waals surface area contributed by atoms with Gasteiger partial charge in [-0.05, 0) is 55.8 Å². The normalized spacial score (nSPS) is 11.7. The molecule has 6 nitrogen and oxygen atoms in total. The van der Waals surface area contributed by atoms with E-state index in [1.807, 2.05) is 24.5 Å². The third kappa shape index (κ3) is 2.00. The Bertz CT molecular complexity index is 1250. The van der Waals surface area contributed by atoms with E-state index in [4.69, 9.17) is 4.42 Å². The standard InChI is InChI=1S/C19H14FN5O/c1-11-12(2)25(14-7-5-13(20)6-8-14)18-16(11)19-22-17(15-4-3-9-26-15)23-24(19)10-21-18/h3-10H,1-2H3. The fourth-order valence-corrected chi connectivity index (χ4v) is 3.28. The molecular weight excluding hydrogens is 333 g/mol. The van der Waals surface area contributed by atoms with Crippen molar-refractivity contribution in [3.8, 4) is 17.3 Å². The number of fused-ring (bicyclic) bond motifs is 3. The molecule has 5 aromatic rings. The molecule has 0 saturated heterocycles. The number of halogens is 1. The molecule has 4 heterocycles. The van der Waals surface area contributed by atoms with E-state index in [9.17, 15) is 4.39 Å². The van der Waals surface area contributed by atoms with Gasteiger partial charge in [-0.15, -0.1) is 5.10 Å². The van der Waals surface area contributed by atoms with Crippen molar-refractivity contribution < 1.29 is 8.81 Å². The summed E-state index contributed by atoms with van der Waals surface area (Å²) in [6.45, 7) is 4.04. The van der Waals surface area contributed by atoms with Crippen LogP contribution in [0.3, 0.4) is 0 Å². The first-order valence-corrected chi connectivity index (χ1v) is 8.16. The molecule has 0 amide bonds. The van der Waals surface area contributed by atoms with Gasteiger partial charge in [-0.3, -0.25) is 4.57 Å². The molecule has 0 spiro atoms. The number of hydrogen-bond donors (Lipinski definition) is 0. The van der Waals surface area contributed by atoms with Crippen molar-refractivity contribution in [3.63, 3.8) is 0 Å². The van der Waals surface area contributed by atoms with Crippen LogP contribution < -0.4 is 0 Å². The molecule has 5 rings (SSSR count). The summed E-state index contributed by atoms with van der Waals surface area (Å²) in [6.07, 6.45) is 3.23. The van der Waals surface area contributed by atoms with Gasteiger partial charge in [0.1, 0.15) is 12.1 Å². The highest BCUT2D eigenvalue weighted by molar-refractivity contribution is 5.95. The number of rotatable bonds is 2. The summed E-state index contributed by atoms with van der Waals surface area (Å²) >= 11 is 0. The van der Waals surface area contributed by atoms with Gasteiger partial charge in [-0.2, -0.15) is 0 Å². The van der Waals surface area contributed by atoms with E-state index in [2.05, 4.69) is 15.1 Å². The molecule has 26 heavy (non-hydrogen) atoms. The average molecular weight is 347 g/mol. The topological polar surface area (TPSA) is 61.2 Å². The van der Waals surface area contributed by atoms with E-state index in [1.54, 1.807) is 35.3 Å². The summed E-state index contributed by atoms with van der Waals surface area (Å²) in [4.78, 5) is 9.23. The SMILES string of the molecule is Cc1c(C)n(-c2ccc(F)cc2)c2ncn3nc(-c4ccco4)nc3c12. The summed E-state index contributed by atoms with van der Waals surface area (Å²) in [6, 6.07) is 9.99. The predicted molar refractivity (Wildman–Crippen MR) is 94.7 cm³/mol. The molecule has 4 aromatic heterocycles. The second-order valence-corrected chi connectivity index (χ2v) is 6.15. The van der Waals surface area contributed by atoms with Crippen LogP contribution >= 0.6 is 0 Å². The zero-order valence-corrected chi connectivity index (χ0v) is 14.1.